The molecule has 2 rings (SSSR count). The van der Waals surface area contributed by atoms with E-state index in [0.29, 0.717) is 38.9 Å². The number of nitrogens with zero attached hydrogens (tertiary/aromatic N) is 2. The Morgan fingerprint density at radius 3 is 2.60 bits per heavy atom. The molecule has 0 spiro atoms. The normalized spacial score (nSPS) is 29.6. The predicted octanol–water partition coefficient (Wildman–Crippen LogP) is 0.113. The fourth-order valence-corrected chi connectivity index (χ4v) is 3.05. The zero-order valence-electron chi connectivity index (χ0n) is 11.9. The van der Waals surface area contributed by atoms with Crippen LogP contribution in [0.3, 0.4) is 0 Å². The highest BCUT2D eigenvalue weighted by atomic mass is 16.4. The molecule has 0 radical (unpaired) electrons. The van der Waals surface area contributed by atoms with Crippen molar-refractivity contribution in [3.8, 4) is 0 Å². The number of hydrogen-bond donors (Lipinski definition) is 2. The van der Waals surface area contributed by atoms with Gasteiger partial charge < -0.3 is 20.2 Å². The van der Waals surface area contributed by atoms with E-state index >= 15 is 0 Å². The van der Waals surface area contributed by atoms with Crippen molar-refractivity contribution in [1.82, 2.24) is 15.1 Å². The van der Waals surface area contributed by atoms with Crippen molar-refractivity contribution in [2.24, 2.45) is 5.41 Å². The van der Waals surface area contributed by atoms with Gasteiger partial charge in [-0.1, -0.05) is 0 Å². The molecule has 2 N–H and O–H groups in total. The summed E-state index contributed by atoms with van der Waals surface area (Å²) in [6.07, 6.45) is 1.81. The molecule has 2 heterocycles. The summed E-state index contributed by atoms with van der Waals surface area (Å²) >= 11 is 0. The standard InChI is InChI=1S/C13H21N3O4/c1-13(11(19)14-2)5-7-15(8-13)12(20)16-6-3-4-9(16)10(17)18/h9H,3-8H2,1-2H3,(H,14,19)(H,17,18)/t9-,13?/m1/s1. The third-order valence-corrected chi connectivity index (χ3v) is 4.30. The van der Waals surface area contributed by atoms with Gasteiger partial charge in [0, 0.05) is 26.7 Å². The van der Waals surface area contributed by atoms with Crippen molar-refractivity contribution >= 4 is 17.9 Å². The minimum Gasteiger partial charge on any atom is -0.480 e. The van der Waals surface area contributed by atoms with Crippen LogP contribution in [-0.4, -0.2) is 65.5 Å². The fraction of sp³-hybridized carbons (Fsp3) is 0.769. The van der Waals surface area contributed by atoms with Crippen LogP contribution in [0.2, 0.25) is 0 Å². The molecule has 2 saturated heterocycles. The first-order valence-corrected chi connectivity index (χ1v) is 6.89. The zero-order chi connectivity index (χ0) is 14.9. The number of urea groups is 1. The molecular weight excluding hydrogens is 262 g/mol. The van der Waals surface area contributed by atoms with Gasteiger partial charge in [0.1, 0.15) is 6.04 Å². The summed E-state index contributed by atoms with van der Waals surface area (Å²) in [7, 11) is 1.58. The second-order valence-electron chi connectivity index (χ2n) is 5.78. The van der Waals surface area contributed by atoms with Gasteiger partial charge in [0.15, 0.2) is 0 Å². The summed E-state index contributed by atoms with van der Waals surface area (Å²) in [5.41, 5.74) is -0.581. The van der Waals surface area contributed by atoms with Crippen molar-refractivity contribution in [1.29, 1.82) is 0 Å². The first-order valence-electron chi connectivity index (χ1n) is 6.89. The maximum absolute atomic E-state index is 12.4. The van der Waals surface area contributed by atoms with Gasteiger partial charge in [-0.15, -0.1) is 0 Å². The molecule has 7 nitrogen and oxygen atoms in total. The molecule has 3 amide bonds. The lowest BCUT2D eigenvalue weighted by Crippen LogP contribution is -2.48. The number of carboxylic acid groups (broad SMARTS) is 1. The Morgan fingerprint density at radius 2 is 2.00 bits per heavy atom. The first-order chi connectivity index (χ1) is 9.39. The number of carbonyl (C=O) groups excluding carboxylic acids is 2. The molecule has 20 heavy (non-hydrogen) atoms. The van der Waals surface area contributed by atoms with Crippen LogP contribution in [0.25, 0.3) is 0 Å². The number of amides is 3. The SMILES string of the molecule is CNC(=O)C1(C)CCN(C(=O)N2CCC[C@@H]2C(=O)O)C1. The van der Waals surface area contributed by atoms with Crippen LogP contribution < -0.4 is 5.32 Å². The van der Waals surface area contributed by atoms with Gasteiger partial charge >= 0.3 is 12.0 Å². The molecule has 0 aromatic rings. The Kier molecular flexibility index (Phi) is 3.87. The van der Waals surface area contributed by atoms with E-state index in [2.05, 4.69) is 5.32 Å². The summed E-state index contributed by atoms with van der Waals surface area (Å²) in [4.78, 5) is 38.4. The number of carbonyl (C=O) groups is 3. The van der Waals surface area contributed by atoms with E-state index in [1.54, 1.807) is 11.9 Å². The van der Waals surface area contributed by atoms with Crippen LogP contribution in [0.5, 0.6) is 0 Å². The monoisotopic (exact) mass is 283 g/mol. The largest absolute Gasteiger partial charge is 0.480 e. The molecule has 0 aromatic carbocycles. The van der Waals surface area contributed by atoms with Crippen LogP contribution in [0, 0.1) is 5.41 Å². The Hall–Kier alpha value is -1.79. The Bertz CT molecular complexity index is 439. The molecule has 0 bridgehead atoms. The third kappa shape index (κ3) is 2.44. The maximum atomic E-state index is 12.4. The molecule has 0 aliphatic carbocycles. The van der Waals surface area contributed by atoms with Gasteiger partial charge in [-0.05, 0) is 26.2 Å². The summed E-state index contributed by atoms with van der Waals surface area (Å²) < 4.78 is 0. The van der Waals surface area contributed by atoms with Gasteiger partial charge in [0.2, 0.25) is 5.91 Å². The predicted molar refractivity (Wildman–Crippen MR) is 71.1 cm³/mol. The van der Waals surface area contributed by atoms with Crippen LogP contribution in [-0.2, 0) is 9.59 Å². The Labute approximate surface area is 117 Å². The van der Waals surface area contributed by atoms with Crippen LogP contribution in [0.1, 0.15) is 26.2 Å². The number of rotatable bonds is 2. The van der Waals surface area contributed by atoms with Crippen molar-refractivity contribution in [3.05, 3.63) is 0 Å². The van der Waals surface area contributed by atoms with Crippen molar-refractivity contribution in [2.75, 3.05) is 26.7 Å². The first kappa shape index (κ1) is 14.6. The second-order valence-corrected chi connectivity index (χ2v) is 5.78. The molecule has 0 saturated carbocycles. The average Bonchev–Trinajstić information content (AvgIpc) is 3.04. The van der Waals surface area contributed by atoms with E-state index in [9.17, 15) is 14.4 Å². The second kappa shape index (κ2) is 5.30. The van der Waals surface area contributed by atoms with Gasteiger partial charge in [-0.3, -0.25) is 4.79 Å². The van der Waals surface area contributed by atoms with E-state index < -0.39 is 17.4 Å². The van der Waals surface area contributed by atoms with Crippen molar-refractivity contribution in [3.63, 3.8) is 0 Å². The quantitative estimate of drug-likeness (QED) is 0.753. The van der Waals surface area contributed by atoms with Crippen molar-refractivity contribution in [2.45, 2.75) is 32.2 Å². The van der Waals surface area contributed by atoms with Crippen molar-refractivity contribution < 1.29 is 19.5 Å². The fourth-order valence-electron chi connectivity index (χ4n) is 3.05. The van der Waals surface area contributed by atoms with Gasteiger partial charge in [0.25, 0.3) is 0 Å². The lowest BCUT2D eigenvalue weighted by molar-refractivity contribution is -0.141. The molecule has 2 atom stereocenters. The van der Waals surface area contributed by atoms with Crippen LogP contribution in [0.15, 0.2) is 0 Å². The molecular formula is C13H21N3O4. The highest BCUT2D eigenvalue weighted by molar-refractivity contribution is 5.86. The minimum atomic E-state index is -0.955. The third-order valence-electron chi connectivity index (χ3n) is 4.30. The average molecular weight is 283 g/mol. The van der Waals surface area contributed by atoms with E-state index in [-0.39, 0.29) is 11.9 Å². The molecule has 2 aliphatic rings. The molecule has 2 fully saturated rings. The number of nitrogens with one attached hydrogen (secondary N) is 1. The minimum absolute atomic E-state index is 0.0796. The van der Waals surface area contributed by atoms with Crippen LogP contribution in [0.4, 0.5) is 4.79 Å². The highest BCUT2D eigenvalue weighted by Gasteiger charge is 2.44. The zero-order valence-corrected chi connectivity index (χ0v) is 11.9. The molecule has 112 valence electrons. The summed E-state index contributed by atoms with van der Waals surface area (Å²) in [6, 6.07) is -0.989. The van der Waals surface area contributed by atoms with E-state index in [0.717, 1.165) is 0 Å². The smallest absolute Gasteiger partial charge is 0.326 e. The Morgan fingerprint density at radius 1 is 1.30 bits per heavy atom. The lowest BCUT2D eigenvalue weighted by Gasteiger charge is -2.28. The summed E-state index contributed by atoms with van der Waals surface area (Å²) in [5, 5.41) is 11.7. The van der Waals surface area contributed by atoms with Crippen LogP contribution >= 0.6 is 0 Å². The number of likely N-dealkylation sites (tertiary alicyclic amines) is 2. The van der Waals surface area contributed by atoms with E-state index in [4.69, 9.17) is 5.11 Å². The van der Waals surface area contributed by atoms with Gasteiger partial charge in [0.05, 0.1) is 5.41 Å². The molecule has 2 aliphatic heterocycles. The number of carboxylic acids is 1. The van der Waals surface area contributed by atoms with Gasteiger partial charge in [-0.25, -0.2) is 9.59 Å². The summed E-state index contributed by atoms with van der Waals surface area (Å²) in [6.45, 7) is 3.14. The molecule has 1 unspecified atom stereocenters. The van der Waals surface area contributed by atoms with E-state index in [1.165, 1.54) is 4.90 Å². The van der Waals surface area contributed by atoms with E-state index in [1.807, 2.05) is 6.92 Å². The molecule has 0 aromatic heterocycles. The summed E-state index contributed by atoms with van der Waals surface area (Å²) in [5.74, 6) is -1.03. The van der Waals surface area contributed by atoms with Gasteiger partial charge in [-0.2, -0.15) is 0 Å². The number of hydrogen-bond acceptors (Lipinski definition) is 3. The maximum Gasteiger partial charge on any atom is 0.326 e. The lowest BCUT2D eigenvalue weighted by atomic mass is 9.89. The highest BCUT2D eigenvalue weighted by Crippen LogP contribution is 2.31. The topological polar surface area (TPSA) is 90.0 Å². The molecule has 7 heteroatoms. The Balaban J connectivity index is 2.05. The number of aliphatic carboxylic acids is 1.